The Kier molecular flexibility index (Phi) is 5.26. The zero-order chi connectivity index (χ0) is 17.9. The number of benzene rings is 1. The molecular formula is C19H21N3O2S2. The number of hydrogen-bond donors (Lipinski definition) is 1. The molecule has 7 heteroatoms. The zero-order valence-electron chi connectivity index (χ0n) is 14.7. The highest BCUT2D eigenvalue weighted by Gasteiger charge is 2.18. The number of para-hydroxylation sites is 1. The van der Waals surface area contributed by atoms with Gasteiger partial charge in [-0.1, -0.05) is 43.2 Å². The molecule has 5 nitrogen and oxygen atoms in total. The third-order valence-electron chi connectivity index (χ3n) is 4.64. The maximum absolute atomic E-state index is 12.4. The number of carbonyl (C=O) groups is 1. The van der Waals surface area contributed by atoms with Gasteiger partial charge in [0.15, 0.2) is 5.58 Å². The summed E-state index contributed by atoms with van der Waals surface area (Å²) in [4.78, 5) is 21.4. The summed E-state index contributed by atoms with van der Waals surface area (Å²) in [6.07, 6.45) is 5.84. The first-order valence-corrected chi connectivity index (χ1v) is 10.8. The fourth-order valence-corrected chi connectivity index (χ4v) is 4.86. The van der Waals surface area contributed by atoms with E-state index in [-0.39, 0.29) is 5.91 Å². The van der Waals surface area contributed by atoms with Crippen LogP contribution in [0.5, 0.6) is 0 Å². The van der Waals surface area contributed by atoms with Gasteiger partial charge < -0.3 is 9.73 Å². The number of rotatable bonds is 5. The summed E-state index contributed by atoms with van der Waals surface area (Å²) in [5.74, 6) is 0.592. The van der Waals surface area contributed by atoms with Crippen LogP contribution in [0, 0.1) is 6.92 Å². The van der Waals surface area contributed by atoms with Gasteiger partial charge >= 0.3 is 0 Å². The van der Waals surface area contributed by atoms with Gasteiger partial charge in [0.1, 0.15) is 16.2 Å². The van der Waals surface area contributed by atoms with E-state index in [0.717, 1.165) is 34.5 Å². The van der Waals surface area contributed by atoms with Gasteiger partial charge in [-0.05, 0) is 31.4 Å². The van der Waals surface area contributed by atoms with Crippen LogP contribution in [-0.4, -0.2) is 21.9 Å². The second kappa shape index (κ2) is 7.80. The van der Waals surface area contributed by atoms with E-state index in [2.05, 4.69) is 15.3 Å². The van der Waals surface area contributed by atoms with E-state index in [0.29, 0.717) is 22.7 Å². The van der Waals surface area contributed by atoms with Crippen molar-refractivity contribution >= 4 is 40.1 Å². The van der Waals surface area contributed by atoms with Crippen molar-refractivity contribution < 1.29 is 9.21 Å². The van der Waals surface area contributed by atoms with Gasteiger partial charge in [0.25, 0.3) is 11.1 Å². The van der Waals surface area contributed by atoms with Crippen molar-refractivity contribution in [3.63, 3.8) is 0 Å². The minimum absolute atomic E-state index is 0.0538. The molecule has 1 saturated carbocycles. The van der Waals surface area contributed by atoms with E-state index in [9.17, 15) is 4.79 Å². The molecule has 0 spiro atoms. The molecule has 0 atom stereocenters. The minimum Gasteiger partial charge on any atom is -0.431 e. The molecule has 1 aliphatic carbocycles. The molecule has 0 bridgehead atoms. The smallest absolute Gasteiger partial charge is 0.270 e. The minimum atomic E-state index is -0.0538. The molecule has 1 fully saturated rings. The van der Waals surface area contributed by atoms with E-state index < -0.39 is 0 Å². The Morgan fingerprint density at radius 2 is 2.15 bits per heavy atom. The summed E-state index contributed by atoms with van der Waals surface area (Å²) in [5.41, 5.74) is 3.33. The Balaban J connectivity index is 1.36. The molecule has 2 aromatic heterocycles. The number of fused-ring (bicyclic) bond motifs is 1. The predicted molar refractivity (Wildman–Crippen MR) is 105 cm³/mol. The number of aryl methyl sites for hydroxylation is 1. The summed E-state index contributed by atoms with van der Waals surface area (Å²) in [7, 11) is 0. The Hall–Kier alpha value is -1.86. The fraction of sp³-hybridized carbons (Fsp3) is 0.421. The molecule has 1 amide bonds. The fourth-order valence-electron chi connectivity index (χ4n) is 3.24. The lowest BCUT2D eigenvalue weighted by molar-refractivity contribution is 0.0923. The molecule has 1 aromatic carbocycles. The first kappa shape index (κ1) is 17.5. The van der Waals surface area contributed by atoms with Gasteiger partial charge in [0, 0.05) is 11.4 Å². The average molecular weight is 388 g/mol. The maximum atomic E-state index is 12.4. The van der Waals surface area contributed by atoms with Crippen LogP contribution < -0.4 is 5.32 Å². The summed E-state index contributed by atoms with van der Waals surface area (Å²) < 4.78 is 5.77. The molecule has 3 aromatic rings. The second-order valence-electron chi connectivity index (χ2n) is 6.62. The van der Waals surface area contributed by atoms with Crippen molar-refractivity contribution in [1.82, 2.24) is 15.3 Å². The molecule has 0 aliphatic heterocycles. The van der Waals surface area contributed by atoms with Crippen molar-refractivity contribution in [2.75, 3.05) is 0 Å². The van der Waals surface area contributed by atoms with E-state index in [1.807, 2.05) is 30.5 Å². The third kappa shape index (κ3) is 3.94. The molecule has 0 saturated heterocycles. The lowest BCUT2D eigenvalue weighted by Crippen LogP contribution is -2.36. The summed E-state index contributed by atoms with van der Waals surface area (Å²) in [6, 6.07) is 6.22. The van der Waals surface area contributed by atoms with Crippen molar-refractivity contribution in [2.24, 2.45) is 0 Å². The van der Waals surface area contributed by atoms with Crippen LogP contribution in [0.2, 0.25) is 0 Å². The van der Waals surface area contributed by atoms with E-state index in [1.54, 1.807) is 0 Å². The molecule has 4 rings (SSSR count). The van der Waals surface area contributed by atoms with Gasteiger partial charge in [0.2, 0.25) is 0 Å². The molecule has 1 aliphatic rings. The highest BCUT2D eigenvalue weighted by molar-refractivity contribution is 7.98. The molecule has 136 valence electrons. The number of thioether (sulfide) groups is 1. The summed E-state index contributed by atoms with van der Waals surface area (Å²) in [6.45, 7) is 2.03. The van der Waals surface area contributed by atoms with Crippen LogP contribution in [0.25, 0.3) is 11.1 Å². The number of nitrogens with zero attached hydrogens (tertiary/aromatic N) is 2. The number of hydrogen-bond acceptors (Lipinski definition) is 6. The number of thiazole rings is 1. The summed E-state index contributed by atoms with van der Waals surface area (Å²) >= 11 is 3.01. The predicted octanol–water partition coefficient (Wildman–Crippen LogP) is 4.95. The van der Waals surface area contributed by atoms with Crippen LogP contribution in [0.1, 0.15) is 53.2 Å². The lowest BCUT2D eigenvalue weighted by atomic mass is 9.95. The van der Waals surface area contributed by atoms with Gasteiger partial charge in [-0.2, -0.15) is 0 Å². The van der Waals surface area contributed by atoms with E-state index in [1.165, 1.54) is 42.4 Å². The van der Waals surface area contributed by atoms with Gasteiger partial charge in [0.05, 0.1) is 5.75 Å². The zero-order valence-corrected chi connectivity index (χ0v) is 16.3. The Bertz CT molecular complexity index is 913. The molecule has 26 heavy (non-hydrogen) atoms. The molecule has 0 radical (unpaired) electrons. The van der Waals surface area contributed by atoms with Gasteiger partial charge in [-0.3, -0.25) is 4.79 Å². The largest absolute Gasteiger partial charge is 0.431 e. The number of nitrogens with one attached hydrogen (secondary N) is 1. The first-order chi connectivity index (χ1) is 12.7. The van der Waals surface area contributed by atoms with Crippen LogP contribution in [0.15, 0.2) is 33.2 Å². The SMILES string of the molecule is Cc1cccc2oc(SCc3nc(C(=O)NC4CCCCC4)cs3)nc12. The Labute approximate surface area is 160 Å². The van der Waals surface area contributed by atoms with Crippen LogP contribution in [0.4, 0.5) is 0 Å². The average Bonchev–Trinajstić information content (AvgIpc) is 3.28. The van der Waals surface area contributed by atoms with Crippen molar-refractivity contribution in [2.45, 2.75) is 56.0 Å². The van der Waals surface area contributed by atoms with E-state index >= 15 is 0 Å². The number of oxazole rings is 1. The normalized spacial score (nSPS) is 15.4. The highest BCUT2D eigenvalue weighted by atomic mass is 32.2. The molecular weight excluding hydrogens is 366 g/mol. The number of aromatic nitrogens is 2. The Morgan fingerprint density at radius 3 is 2.96 bits per heavy atom. The van der Waals surface area contributed by atoms with Crippen molar-refractivity contribution in [1.29, 1.82) is 0 Å². The topological polar surface area (TPSA) is 68.0 Å². The van der Waals surface area contributed by atoms with Crippen molar-refractivity contribution in [3.05, 3.63) is 39.8 Å². The van der Waals surface area contributed by atoms with Gasteiger partial charge in [-0.15, -0.1) is 11.3 Å². The quantitative estimate of drug-likeness (QED) is 0.628. The second-order valence-corrected chi connectivity index (χ2v) is 8.49. The summed E-state index contributed by atoms with van der Waals surface area (Å²) in [5, 5.41) is 6.49. The molecule has 2 heterocycles. The number of carbonyl (C=O) groups excluding carboxylic acids is 1. The number of amides is 1. The first-order valence-electron chi connectivity index (χ1n) is 8.93. The van der Waals surface area contributed by atoms with Crippen molar-refractivity contribution in [3.8, 4) is 0 Å². The monoisotopic (exact) mass is 387 g/mol. The standard InChI is InChI=1S/C19H21N3O2S2/c1-12-6-5-9-15-17(12)22-19(24-15)26-11-16-21-14(10-25-16)18(23)20-13-7-3-2-4-8-13/h5-6,9-10,13H,2-4,7-8,11H2,1H3,(H,20,23). The lowest BCUT2D eigenvalue weighted by Gasteiger charge is -2.22. The van der Waals surface area contributed by atoms with E-state index in [4.69, 9.17) is 4.42 Å². The Morgan fingerprint density at radius 1 is 1.31 bits per heavy atom. The molecule has 0 unspecified atom stereocenters. The van der Waals surface area contributed by atoms with Crippen LogP contribution in [-0.2, 0) is 5.75 Å². The maximum Gasteiger partial charge on any atom is 0.270 e. The third-order valence-corrected chi connectivity index (χ3v) is 6.52. The van der Waals surface area contributed by atoms with Gasteiger partial charge in [-0.25, -0.2) is 9.97 Å². The van der Waals surface area contributed by atoms with Crippen LogP contribution >= 0.6 is 23.1 Å². The molecule has 1 N–H and O–H groups in total. The highest BCUT2D eigenvalue weighted by Crippen LogP contribution is 2.28. The van der Waals surface area contributed by atoms with Crippen LogP contribution in [0.3, 0.4) is 0 Å².